The minimum atomic E-state index is -0.743. The zero-order valence-electron chi connectivity index (χ0n) is 9.54. The molecule has 0 spiro atoms. The predicted molar refractivity (Wildman–Crippen MR) is 74.9 cm³/mol. The summed E-state index contributed by atoms with van der Waals surface area (Å²) in [4.78, 5) is 0. The van der Waals surface area contributed by atoms with E-state index in [0.717, 1.165) is 15.9 Å². The van der Waals surface area contributed by atoms with Crippen LogP contribution in [-0.2, 0) is 0 Å². The quantitative estimate of drug-likeness (QED) is 0.606. The molecule has 0 saturated carbocycles. The van der Waals surface area contributed by atoms with Gasteiger partial charge in [0, 0.05) is 21.8 Å². The van der Waals surface area contributed by atoms with Crippen LogP contribution in [0.15, 0.2) is 30.5 Å². The zero-order valence-corrected chi connectivity index (χ0v) is 11.9. The Morgan fingerprint density at radius 2 is 1.88 bits per heavy atom. The van der Waals surface area contributed by atoms with Crippen LogP contribution in [0.2, 0.25) is 5.02 Å². The lowest BCUT2D eigenvalue weighted by molar-refractivity contribution is 0.783. The van der Waals surface area contributed by atoms with Crippen molar-refractivity contribution in [2.45, 2.75) is 25.9 Å². The van der Waals surface area contributed by atoms with Crippen molar-refractivity contribution in [3.63, 3.8) is 0 Å². The molecule has 4 heteroatoms. The van der Waals surface area contributed by atoms with Gasteiger partial charge in [-0.3, -0.25) is 0 Å². The minimum absolute atomic E-state index is 0.0858. The monoisotopic (exact) mass is 273 g/mol. The molecule has 0 bridgehead atoms. The van der Waals surface area contributed by atoms with Crippen molar-refractivity contribution in [3.05, 3.63) is 35.5 Å². The number of hydrogen-bond donors (Lipinski definition) is 0. The number of aromatic nitrogens is 1. The van der Waals surface area contributed by atoms with Gasteiger partial charge in [-0.2, -0.15) is 0 Å². The van der Waals surface area contributed by atoms with E-state index in [-0.39, 0.29) is 5.16 Å². The Bertz CT molecular complexity index is 513. The maximum absolute atomic E-state index is 6.54. The molecule has 0 aliphatic heterocycles. The third kappa shape index (κ3) is 2.22. The van der Waals surface area contributed by atoms with Crippen LogP contribution in [0.1, 0.15) is 20.8 Å². The molecule has 0 radical (unpaired) electrons. The molecule has 1 aromatic carbocycles. The molecule has 1 nitrogen and oxygen atoms in total. The highest BCUT2D eigenvalue weighted by Crippen LogP contribution is 2.56. The van der Waals surface area contributed by atoms with Crippen LogP contribution >= 0.6 is 30.3 Å². The largest absolute Gasteiger partial charge is 0.312 e. The number of hydrogen-bond acceptors (Lipinski definition) is 0. The molecule has 86 valence electrons. The molecule has 1 aromatic heterocycles. The standard InChI is InChI=1S/C12H14Cl2NP/c1-12(2,3)16(14)15-7-6-9-8-10(13)4-5-11(9)15/h4-8H,1-3H3. The number of rotatable bonds is 1. The molecule has 0 amide bonds. The van der Waals surface area contributed by atoms with E-state index >= 15 is 0 Å². The number of nitrogens with zero attached hydrogens (tertiary/aromatic N) is 1. The molecule has 1 atom stereocenters. The maximum atomic E-state index is 6.54. The van der Waals surface area contributed by atoms with Gasteiger partial charge in [0.15, 0.2) is 0 Å². The molecular weight excluding hydrogens is 260 g/mol. The molecule has 16 heavy (non-hydrogen) atoms. The van der Waals surface area contributed by atoms with Crippen LogP contribution in [0.25, 0.3) is 10.9 Å². The van der Waals surface area contributed by atoms with Gasteiger partial charge in [0.25, 0.3) is 0 Å². The summed E-state index contributed by atoms with van der Waals surface area (Å²) in [6.07, 6.45) is 2.05. The Labute approximate surface area is 107 Å². The molecule has 1 heterocycles. The molecule has 0 aliphatic rings. The maximum Gasteiger partial charge on any atom is 0.0988 e. The highest BCUT2D eigenvalue weighted by atomic mass is 35.7. The fourth-order valence-corrected chi connectivity index (χ4v) is 3.35. The van der Waals surface area contributed by atoms with E-state index in [9.17, 15) is 0 Å². The normalized spacial score (nSPS) is 14.3. The Hall–Kier alpha value is -0.230. The van der Waals surface area contributed by atoms with Gasteiger partial charge < -0.3 is 4.34 Å². The zero-order chi connectivity index (χ0) is 11.9. The van der Waals surface area contributed by atoms with E-state index in [0.29, 0.717) is 0 Å². The molecule has 0 N–H and O–H groups in total. The summed E-state index contributed by atoms with van der Waals surface area (Å²) < 4.78 is 2.16. The minimum Gasteiger partial charge on any atom is -0.312 e. The number of benzene rings is 1. The molecular formula is C12H14Cl2NP. The molecule has 0 aliphatic carbocycles. The molecule has 0 saturated heterocycles. The van der Waals surface area contributed by atoms with Gasteiger partial charge in [0.05, 0.1) is 12.9 Å². The topological polar surface area (TPSA) is 4.93 Å². The molecule has 2 rings (SSSR count). The van der Waals surface area contributed by atoms with E-state index in [2.05, 4.69) is 31.2 Å². The lowest BCUT2D eigenvalue weighted by atomic mass is 10.2. The van der Waals surface area contributed by atoms with Crippen LogP contribution in [0.4, 0.5) is 0 Å². The first-order valence-corrected chi connectivity index (χ1v) is 7.70. The van der Waals surface area contributed by atoms with Crippen molar-refractivity contribution in [2.24, 2.45) is 0 Å². The van der Waals surface area contributed by atoms with Gasteiger partial charge in [-0.15, -0.1) is 0 Å². The van der Waals surface area contributed by atoms with Gasteiger partial charge in [0.2, 0.25) is 0 Å². The SMILES string of the molecule is CC(C)(C)P(Cl)n1ccc2cc(Cl)ccc21. The average molecular weight is 274 g/mol. The summed E-state index contributed by atoms with van der Waals surface area (Å²) in [7, 11) is -0.743. The summed E-state index contributed by atoms with van der Waals surface area (Å²) >= 11 is 12.5. The molecule has 2 aromatic rings. The van der Waals surface area contributed by atoms with E-state index in [1.54, 1.807) is 0 Å². The Morgan fingerprint density at radius 3 is 2.50 bits per heavy atom. The second-order valence-corrected chi connectivity index (χ2v) is 8.48. The summed E-state index contributed by atoms with van der Waals surface area (Å²) in [6.45, 7) is 6.48. The van der Waals surface area contributed by atoms with Crippen molar-refractivity contribution < 1.29 is 0 Å². The molecule has 1 unspecified atom stereocenters. The third-order valence-corrected chi connectivity index (χ3v) is 6.45. The van der Waals surface area contributed by atoms with E-state index in [1.165, 1.54) is 0 Å². The average Bonchev–Trinajstić information content (AvgIpc) is 2.57. The van der Waals surface area contributed by atoms with Crippen molar-refractivity contribution in [1.82, 2.24) is 4.34 Å². The van der Waals surface area contributed by atoms with E-state index < -0.39 is 7.43 Å². The van der Waals surface area contributed by atoms with Gasteiger partial charge in [-0.05, 0) is 24.3 Å². The molecule has 0 fully saturated rings. The van der Waals surface area contributed by atoms with Crippen molar-refractivity contribution in [3.8, 4) is 0 Å². The van der Waals surface area contributed by atoms with Crippen LogP contribution in [0.3, 0.4) is 0 Å². The van der Waals surface area contributed by atoms with Crippen LogP contribution < -0.4 is 0 Å². The smallest absolute Gasteiger partial charge is 0.0988 e. The van der Waals surface area contributed by atoms with Crippen molar-refractivity contribution in [2.75, 3.05) is 0 Å². The Kier molecular flexibility index (Phi) is 3.22. The lowest BCUT2D eigenvalue weighted by Gasteiger charge is -2.26. The predicted octanol–water partition coefficient (Wildman–Crippen LogP) is 5.49. The fourth-order valence-electron chi connectivity index (χ4n) is 1.58. The Balaban J connectivity index is 2.54. The summed E-state index contributed by atoms with van der Waals surface area (Å²) in [5, 5.41) is 1.99. The Morgan fingerprint density at radius 1 is 1.19 bits per heavy atom. The van der Waals surface area contributed by atoms with Gasteiger partial charge in [-0.25, -0.2) is 0 Å². The van der Waals surface area contributed by atoms with Crippen LogP contribution in [0.5, 0.6) is 0 Å². The first kappa shape index (κ1) is 12.2. The number of halogens is 2. The van der Waals surface area contributed by atoms with E-state index in [4.69, 9.17) is 22.8 Å². The highest BCUT2D eigenvalue weighted by molar-refractivity contribution is 7.84. The summed E-state index contributed by atoms with van der Waals surface area (Å²) in [6, 6.07) is 7.96. The van der Waals surface area contributed by atoms with Gasteiger partial charge in [-0.1, -0.05) is 43.6 Å². The van der Waals surface area contributed by atoms with Gasteiger partial charge in [0.1, 0.15) is 0 Å². The third-order valence-electron chi connectivity index (χ3n) is 2.37. The lowest BCUT2D eigenvalue weighted by Crippen LogP contribution is -2.12. The second kappa shape index (κ2) is 4.22. The van der Waals surface area contributed by atoms with Crippen molar-refractivity contribution >= 4 is 41.2 Å². The summed E-state index contributed by atoms with van der Waals surface area (Å²) in [5.74, 6) is 0. The van der Waals surface area contributed by atoms with Crippen molar-refractivity contribution in [1.29, 1.82) is 0 Å². The van der Waals surface area contributed by atoms with Crippen LogP contribution in [0, 0.1) is 0 Å². The first-order chi connectivity index (χ1) is 7.39. The van der Waals surface area contributed by atoms with E-state index in [1.807, 2.05) is 24.4 Å². The second-order valence-electron chi connectivity index (χ2n) is 4.79. The number of fused-ring (bicyclic) bond motifs is 1. The highest BCUT2D eigenvalue weighted by Gasteiger charge is 2.25. The first-order valence-electron chi connectivity index (χ1n) is 5.12. The fraction of sp³-hybridized carbons (Fsp3) is 0.333. The van der Waals surface area contributed by atoms with Crippen LogP contribution in [-0.4, -0.2) is 9.49 Å². The summed E-state index contributed by atoms with van der Waals surface area (Å²) in [5.41, 5.74) is 1.15. The van der Waals surface area contributed by atoms with Gasteiger partial charge >= 0.3 is 0 Å².